The summed E-state index contributed by atoms with van der Waals surface area (Å²) in [7, 11) is 0. The van der Waals surface area contributed by atoms with Crippen LogP contribution in [0.15, 0.2) is 24.3 Å². The molecule has 1 aromatic rings. The van der Waals surface area contributed by atoms with E-state index in [1.54, 1.807) is 24.3 Å². The van der Waals surface area contributed by atoms with Gasteiger partial charge in [0.2, 0.25) is 5.91 Å². The van der Waals surface area contributed by atoms with Crippen LogP contribution in [0.2, 0.25) is 0 Å². The minimum atomic E-state index is -0.840. The first-order chi connectivity index (χ1) is 12.0. The van der Waals surface area contributed by atoms with Gasteiger partial charge in [0, 0.05) is 18.4 Å². The van der Waals surface area contributed by atoms with Gasteiger partial charge in [-0.25, -0.2) is 0 Å². The van der Waals surface area contributed by atoms with Crippen molar-refractivity contribution in [1.29, 1.82) is 0 Å². The van der Waals surface area contributed by atoms with Crippen molar-refractivity contribution in [3.05, 3.63) is 35.4 Å². The summed E-state index contributed by atoms with van der Waals surface area (Å²) in [6.45, 7) is 2.04. The van der Waals surface area contributed by atoms with Gasteiger partial charge in [0.15, 0.2) is 5.78 Å². The number of carbonyl (C=O) groups excluding carboxylic acids is 2. The van der Waals surface area contributed by atoms with Gasteiger partial charge < -0.3 is 15.7 Å². The van der Waals surface area contributed by atoms with E-state index in [-0.39, 0.29) is 24.7 Å². The summed E-state index contributed by atoms with van der Waals surface area (Å²) in [6, 6.07) is 6.88. The Hall–Kier alpha value is -2.21. The zero-order chi connectivity index (χ0) is 18.1. The quantitative estimate of drug-likeness (QED) is 0.593. The first kappa shape index (κ1) is 19.1. The van der Waals surface area contributed by atoms with E-state index in [9.17, 15) is 14.4 Å². The molecule has 1 fully saturated rings. The fraction of sp³-hybridized carbons (Fsp3) is 0.526. The molecule has 2 rings (SSSR count). The standard InChI is InChI=1S/C19H26N2O4/c22-17(16-5-1-14(2-6-16)4-8-19(24)25)13-21-18(23)7-3-15-9-11-20-12-10-15/h1-2,5-6,15,20H,3-4,7-13H2,(H,21,23)(H,24,25). The van der Waals surface area contributed by atoms with Crippen molar-refractivity contribution in [2.75, 3.05) is 19.6 Å². The highest BCUT2D eigenvalue weighted by molar-refractivity contribution is 5.99. The van der Waals surface area contributed by atoms with E-state index in [0.29, 0.717) is 24.3 Å². The van der Waals surface area contributed by atoms with Gasteiger partial charge in [-0.1, -0.05) is 24.3 Å². The van der Waals surface area contributed by atoms with Gasteiger partial charge >= 0.3 is 5.97 Å². The number of hydrogen-bond acceptors (Lipinski definition) is 4. The molecule has 1 heterocycles. The Labute approximate surface area is 148 Å². The lowest BCUT2D eigenvalue weighted by Crippen LogP contribution is -2.31. The Morgan fingerprint density at radius 3 is 2.40 bits per heavy atom. The molecule has 0 spiro atoms. The Kier molecular flexibility index (Phi) is 7.60. The van der Waals surface area contributed by atoms with Crippen LogP contribution >= 0.6 is 0 Å². The van der Waals surface area contributed by atoms with E-state index in [2.05, 4.69) is 10.6 Å². The minimum absolute atomic E-state index is 0.000468. The monoisotopic (exact) mass is 346 g/mol. The van der Waals surface area contributed by atoms with Crippen LogP contribution in [0.1, 0.15) is 48.0 Å². The SMILES string of the molecule is O=C(O)CCc1ccc(C(=O)CNC(=O)CCC2CCNCC2)cc1. The Morgan fingerprint density at radius 1 is 1.08 bits per heavy atom. The van der Waals surface area contributed by atoms with Crippen LogP contribution in [0.25, 0.3) is 0 Å². The fourth-order valence-electron chi connectivity index (χ4n) is 2.98. The number of Topliss-reactive ketones (excluding diaryl/α,β-unsaturated/α-hetero) is 1. The van der Waals surface area contributed by atoms with Crippen LogP contribution in [0.4, 0.5) is 0 Å². The van der Waals surface area contributed by atoms with Crippen LogP contribution < -0.4 is 10.6 Å². The van der Waals surface area contributed by atoms with E-state index in [1.165, 1.54) is 0 Å². The van der Waals surface area contributed by atoms with Gasteiger partial charge in [-0.05, 0) is 50.3 Å². The van der Waals surface area contributed by atoms with Crippen LogP contribution in [-0.4, -0.2) is 42.4 Å². The molecule has 25 heavy (non-hydrogen) atoms. The number of carbonyl (C=O) groups is 3. The summed E-state index contributed by atoms with van der Waals surface area (Å²) in [5.74, 6) is -0.460. The average Bonchev–Trinajstić information content (AvgIpc) is 2.64. The van der Waals surface area contributed by atoms with Gasteiger partial charge in [0.05, 0.1) is 6.54 Å². The molecule has 0 aliphatic carbocycles. The molecule has 0 radical (unpaired) electrons. The highest BCUT2D eigenvalue weighted by Crippen LogP contribution is 2.17. The third kappa shape index (κ3) is 7.05. The number of aliphatic carboxylic acids is 1. The van der Waals surface area contributed by atoms with Crippen molar-refractivity contribution in [3.8, 4) is 0 Å². The summed E-state index contributed by atoms with van der Waals surface area (Å²) in [5, 5.41) is 14.7. The smallest absolute Gasteiger partial charge is 0.303 e. The second kappa shape index (κ2) is 9.93. The Bertz CT molecular complexity index is 592. The summed E-state index contributed by atoms with van der Waals surface area (Å²) in [5.41, 5.74) is 1.41. The van der Waals surface area contributed by atoms with E-state index in [4.69, 9.17) is 5.11 Å². The van der Waals surface area contributed by atoms with Crippen LogP contribution in [0.3, 0.4) is 0 Å². The molecule has 1 aromatic carbocycles. The van der Waals surface area contributed by atoms with Crippen molar-refractivity contribution in [3.63, 3.8) is 0 Å². The van der Waals surface area contributed by atoms with Crippen LogP contribution in [-0.2, 0) is 16.0 Å². The highest BCUT2D eigenvalue weighted by Gasteiger charge is 2.15. The lowest BCUT2D eigenvalue weighted by Gasteiger charge is -2.22. The first-order valence-corrected chi connectivity index (χ1v) is 8.86. The van der Waals surface area contributed by atoms with E-state index < -0.39 is 5.97 Å². The molecule has 0 atom stereocenters. The third-order valence-corrected chi connectivity index (χ3v) is 4.59. The topological polar surface area (TPSA) is 95.5 Å². The largest absolute Gasteiger partial charge is 0.481 e. The lowest BCUT2D eigenvalue weighted by atomic mass is 9.93. The van der Waals surface area contributed by atoms with Gasteiger partial charge in [-0.2, -0.15) is 0 Å². The number of hydrogen-bond donors (Lipinski definition) is 3. The summed E-state index contributed by atoms with van der Waals surface area (Å²) >= 11 is 0. The minimum Gasteiger partial charge on any atom is -0.481 e. The van der Waals surface area contributed by atoms with Crippen LogP contribution in [0.5, 0.6) is 0 Å². The van der Waals surface area contributed by atoms with Crippen molar-refractivity contribution in [2.24, 2.45) is 5.92 Å². The van der Waals surface area contributed by atoms with E-state index >= 15 is 0 Å². The zero-order valence-electron chi connectivity index (χ0n) is 14.4. The number of piperidine rings is 1. The molecule has 1 aliphatic heterocycles. The number of nitrogens with one attached hydrogen (secondary N) is 2. The summed E-state index contributed by atoms with van der Waals surface area (Å²) in [6.07, 6.45) is 4.07. The molecule has 1 aliphatic rings. The van der Waals surface area contributed by atoms with Crippen LogP contribution in [0, 0.1) is 5.92 Å². The molecule has 0 saturated carbocycles. The second-order valence-electron chi connectivity index (χ2n) is 6.52. The van der Waals surface area contributed by atoms with Gasteiger partial charge in [-0.15, -0.1) is 0 Å². The molecule has 6 heteroatoms. The maximum absolute atomic E-state index is 12.1. The number of amides is 1. The highest BCUT2D eigenvalue weighted by atomic mass is 16.4. The molecule has 3 N–H and O–H groups in total. The number of benzene rings is 1. The molecule has 136 valence electrons. The predicted molar refractivity (Wildman–Crippen MR) is 94.6 cm³/mol. The zero-order valence-corrected chi connectivity index (χ0v) is 14.4. The summed E-state index contributed by atoms with van der Waals surface area (Å²) < 4.78 is 0. The Morgan fingerprint density at radius 2 is 1.76 bits per heavy atom. The third-order valence-electron chi connectivity index (χ3n) is 4.59. The first-order valence-electron chi connectivity index (χ1n) is 8.86. The normalized spacial score (nSPS) is 14.9. The molecule has 0 aromatic heterocycles. The van der Waals surface area contributed by atoms with Crippen molar-refractivity contribution < 1.29 is 19.5 Å². The number of carboxylic acid groups (broad SMARTS) is 1. The molecular weight excluding hydrogens is 320 g/mol. The predicted octanol–water partition coefficient (Wildman–Crippen LogP) is 1.78. The molecular formula is C19H26N2O4. The number of aryl methyl sites for hydroxylation is 1. The number of rotatable bonds is 9. The van der Waals surface area contributed by atoms with Crippen molar-refractivity contribution in [2.45, 2.75) is 38.5 Å². The maximum atomic E-state index is 12.1. The Balaban J connectivity index is 1.69. The van der Waals surface area contributed by atoms with E-state index in [0.717, 1.165) is 37.9 Å². The molecule has 1 saturated heterocycles. The second-order valence-corrected chi connectivity index (χ2v) is 6.52. The van der Waals surface area contributed by atoms with Gasteiger partial charge in [0.25, 0.3) is 0 Å². The molecule has 0 unspecified atom stereocenters. The van der Waals surface area contributed by atoms with Crippen molar-refractivity contribution in [1.82, 2.24) is 10.6 Å². The van der Waals surface area contributed by atoms with Gasteiger partial charge in [-0.3, -0.25) is 14.4 Å². The maximum Gasteiger partial charge on any atom is 0.303 e. The molecule has 1 amide bonds. The van der Waals surface area contributed by atoms with Gasteiger partial charge in [0.1, 0.15) is 0 Å². The van der Waals surface area contributed by atoms with Crippen molar-refractivity contribution >= 4 is 17.7 Å². The fourth-order valence-corrected chi connectivity index (χ4v) is 2.98. The lowest BCUT2D eigenvalue weighted by molar-refractivity contribution is -0.137. The molecule has 0 bridgehead atoms. The number of carboxylic acids is 1. The number of ketones is 1. The average molecular weight is 346 g/mol. The summed E-state index contributed by atoms with van der Waals surface area (Å²) in [4.78, 5) is 34.6. The van der Waals surface area contributed by atoms with E-state index in [1.807, 2.05) is 0 Å². The molecule has 6 nitrogen and oxygen atoms in total.